The number of thioether (sulfide) groups is 1. The lowest BCUT2D eigenvalue weighted by Crippen LogP contribution is -2.36. The Labute approximate surface area is 184 Å². The number of carbonyl (C=O) groups is 1. The summed E-state index contributed by atoms with van der Waals surface area (Å²) in [7, 11) is 1.57. The molecule has 9 heteroatoms. The smallest absolute Gasteiger partial charge is 0.247 e. The number of methoxy groups -OCH3 is 1. The average Bonchev–Trinajstić information content (AvgIpc) is 2.93. The number of nitrogens with zero attached hydrogens (tertiary/aromatic N) is 4. The van der Waals surface area contributed by atoms with Crippen molar-refractivity contribution in [1.82, 2.24) is 15.2 Å². The molecule has 1 aromatic heterocycles. The van der Waals surface area contributed by atoms with Gasteiger partial charge >= 0.3 is 0 Å². The predicted molar refractivity (Wildman–Crippen MR) is 118 cm³/mol. The SMILES string of the molecule is CCOc1ccc([C@H]2Oc3nc(SC)nnc3-c3ccccc3N2C(C)=O)cc1OC. The zero-order chi connectivity index (χ0) is 22.0. The second-order valence-electron chi connectivity index (χ2n) is 6.67. The maximum absolute atomic E-state index is 12.8. The van der Waals surface area contributed by atoms with Crippen LogP contribution in [0.2, 0.25) is 0 Å². The number of hydrogen-bond donors (Lipinski definition) is 0. The number of benzene rings is 2. The summed E-state index contributed by atoms with van der Waals surface area (Å²) in [6, 6.07) is 13.0. The zero-order valence-electron chi connectivity index (χ0n) is 17.7. The molecule has 2 heterocycles. The van der Waals surface area contributed by atoms with Gasteiger partial charge in [0.25, 0.3) is 0 Å². The highest BCUT2D eigenvalue weighted by Crippen LogP contribution is 2.44. The van der Waals surface area contributed by atoms with Crippen LogP contribution in [0.1, 0.15) is 25.6 Å². The number of amides is 1. The highest BCUT2D eigenvalue weighted by atomic mass is 32.2. The third-order valence-electron chi connectivity index (χ3n) is 4.81. The summed E-state index contributed by atoms with van der Waals surface area (Å²) in [4.78, 5) is 18.9. The number of fused-ring (bicyclic) bond motifs is 3. The Kier molecular flexibility index (Phi) is 5.94. The largest absolute Gasteiger partial charge is 0.493 e. The van der Waals surface area contributed by atoms with Crippen molar-refractivity contribution in [2.24, 2.45) is 0 Å². The second-order valence-corrected chi connectivity index (χ2v) is 7.45. The first kappa shape index (κ1) is 20.9. The van der Waals surface area contributed by atoms with Gasteiger partial charge < -0.3 is 14.2 Å². The van der Waals surface area contributed by atoms with Gasteiger partial charge in [-0.1, -0.05) is 30.0 Å². The molecule has 0 saturated heterocycles. The number of para-hydroxylation sites is 1. The van der Waals surface area contributed by atoms with Crippen molar-refractivity contribution in [2.45, 2.75) is 25.2 Å². The number of rotatable bonds is 5. The third-order valence-corrected chi connectivity index (χ3v) is 5.34. The summed E-state index contributed by atoms with van der Waals surface area (Å²) in [6.07, 6.45) is 1.08. The maximum atomic E-state index is 12.8. The quantitative estimate of drug-likeness (QED) is 0.550. The molecule has 0 aliphatic carbocycles. The van der Waals surface area contributed by atoms with Gasteiger partial charge in [0.05, 0.1) is 19.4 Å². The average molecular weight is 439 g/mol. The van der Waals surface area contributed by atoms with Crippen LogP contribution < -0.4 is 19.1 Å². The lowest BCUT2D eigenvalue weighted by molar-refractivity contribution is -0.118. The highest BCUT2D eigenvalue weighted by Gasteiger charge is 2.35. The fraction of sp³-hybridized carbons (Fsp3) is 0.273. The molecule has 160 valence electrons. The van der Waals surface area contributed by atoms with Gasteiger partial charge in [-0.05, 0) is 37.4 Å². The molecule has 31 heavy (non-hydrogen) atoms. The lowest BCUT2D eigenvalue weighted by atomic mass is 10.1. The van der Waals surface area contributed by atoms with Crippen molar-refractivity contribution in [3.05, 3.63) is 48.0 Å². The summed E-state index contributed by atoms with van der Waals surface area (Å²) in [6.45, 7) is 3.92. The van der Waals surface area contributed by atoms with Crippen LogP contribution >= 0.6 is 11.8 Å². The molecule has 0 radical (unpaired) electrons. The van der Waals surface area contributed by atoms with Crippen molar-refractivity contribution in [2.75, 3.05) is 24.9 Å². The molecule has 4 rings (SSSR count). The normalized spacial score (nSPS) is 14.7. The van der Waals surface area contributed by atoms with Crippen molar-refractivity contribution < 1.29 is 19.0 Å². The molecular formula is C22H22N4O4S. The molecule has 2 aromatic carbocycles. The van der Waals surface area contributed by atoms with Crippen LogP contribution in [-0.2, 0) is 4.79 Å². The Hall–Kier alpha value is -3.33. The number of aromatic nitrogens is 3. The molecule has 0 bridgehead atoms. The lowest BCUT2D eigenvalue weighted by Gasteiger charge is -2.30. The third kappa shape index (κ3) is 3.88. The number of anilines is 1. The van der Waals surface area contributed by atoms with Gasteiger partial charge in [-0.25, -0.2) is 0 Å². The molecule has 3 aromatic rings. The van der Waals surface area contributed by atoms with E-state index in [-0.39, 0.29) is 5.91 Å². The van der Waals surface area contributed by atoms with Gasteiger partial charge in [0.1, 0.15) is 0 Å². The molecule has 1 aliphatic rings. The van der Waals surface area contributed by atoms with Crippen molar-refractivity contribution in [3.63, 3.8) is 0 Å². The van der Waals surface area contributed by atoms with Crippen molar-refractivity contribution >= 4 is 23.4 Å². The fourth-order valence-electron chi connectivity index (χ4n) is 3.47. The molecule has 8 nitrogen and oxygen atoms in total. The second kappa shape index (κ2) is 8.81. The van der Waals surface area contributed by atoms with E-state index in [0.29, 0.717) is 46.1 Å². The van der Waals surface area contributed by atoms with E-state index in [1.54, 1.807) is 12.0 Å². The van der Waals surface area contributed by atoms with Gasteiger partial charge in [-0.3, -0.25) is 9.69 Å². The molecular weight excluding hydrogens is 416 g/mol. The Morgan fingerprint density at radius 1 is 1.19 bits per heavy atom. The number of hydrogen-bond acceptors (Lipinski definition) is 8. The standard InChI is InChI=1S/C22H22N4O4S/c1-5-29-17-11-10-14(12-18(17)28-3)21-26(13(2)27)16-9-7-6-8-15(16)19-20(30-21)23-22(31-4)25-24-19/h6-12,21H,5H2,1-4H3/t21-/m1/s1. The molecule has 1 amide bonds. The van der Waals surface area contributed by atoms with Gasteiger partial charge in [-0.15, -0.1) is 10.2 Å². The van der Waals surface area contributed by atoms with Crippen LogP contribution in [-0.4, -0.2) is 41.1 Å². The fourth-order valence-corrected chi connectivity index (χ4v) is 3.77. The van der Waals surface area contributed by atoms with Gasteiger partial charge in [0.15, 0.2) is 17.2 Å². The molecule has 1 aliphatic heterocycles. The first-order chi connectivity index (χ1) is 15.1. The summed E-state index contributed by atoms with van der Waals surface area (Å²) in [5, 5.41) is 8.99. The van der Waals surface area contributed by atoms with E-state index in [2.05, 4.69) is 15.2 Å². The van der Waals surface area contributed by atoms with Crippen molar-refractivity contribution in [3.8, 4) is 28.6 Å². The zero-order valence-corrected chi connectivity index (χ0v) is 18.5. The molecule has 0 unspecified atom stereocenters. The van der Waals surface area contributed by atoms with E-state index in [4.69, 9.17) is 14.2 Å². The summed E-state index contributed by atoms with van der Waals surface area (Å²) < 4.78 is 17.5. The summed E-state index contributed by atoms with van der Waals surface area (Å²) in [5.41, 5.74) is 2.59. The molecule has 0 N–H and O–H groups in total. The maximum Gasteiger partial charge on any atom is 0.247 e. The van der Waals surface area contributed by atoms with Crippen molar-refractivity contribution in [1.29, 1.82) is 0 Å². The minimum Gasteiger partial charge on any atom is -0.493 e. The summed E-state index contributed by atoms with van der Waals surface area (Å²) >= 11 is 1.37. The monoisotopic (exact) mass is 438 g/mol. The topological polar surface area (TPSA) is 86.7 Å². The minimum absolute atomic E-state index is 0.184. The molecule has 0 saturated carbocycles. The highest BCUT2D eigenvalue weighted by molar-refractivity contribution is 7.98. The van der Waals surface area contributed by atoms with Crippen LogP contribution in [0, 0.1) is 0 Å². The van der Waals surface area contributed by atoms with Gasteiger partial charge in [0.2, 0.25) is 23.2 Å². The Morgan fingerprint density at radius 3 is 2.71 bits per heavy atom. The van der Waals surface area contributed by atoms with E-state index >= 15 is 0 Å². The first-order valence-corrected chi connectivity index (χ1v) is 10.9. The van der Waals surface area contributed by atoms with Crippen LogP contribution in [0.25, 0.3) is 11.3 Å². The van der Waals surface area contributed by atoms with E-state index in [1.807, 2.05) is 55.6 Å². The minimum atomic E-state index is -0.782. The Bertz CT molecular complexity index is 1120. The predicted octanol–water partition coefficient (Wildman–Crippen LogP) is 4.11. The Balaban J connectivity index is 1.92. The van der Waals surface area contributed by atoms with E-state index in [1.165, 1.54) is 18.7 Å². The van der Waals surface area contributed by atoms with E-state index in [0.717, 1.165) is 5.56 Å². The van der Waals surface area contributed by atoms with Gasteiger partial charge in [0, 0.05) is 18.1 Å². The van der Waals surface area contributed by atoms with Crippen LogP contribution in [0.5, 0.6) is 17.4 Å². The number of ether oxygens (including phenoxy) is 3. The molecule has 1 atom stereocenters. The molecule has 0 fully saturated rings. The number of carbonyl (C=O) groups excluding carboxylic acids is 1. The van der Waals surface area contributed by atoms with Crippen LogP contribution in [0.15, 0.2) is 47.6 Å². The van der Waals surface area contributed by atoms with E-state index < -0.39 is 6.23 Å². The van der Waals surface area contributed by atoms with Crippen LogP contribution in [0.3, 0.4) is 0 Å². The molecule has 0 spiro atoms. The Morgan fingerprint density at radius 2 is 2.00 bits per heavy atom. The van der Waals surface area contributed by atoms with Gasteiger partial charge in [-0.2, -0.15) is 4.98 Å². The van der Waals surface area contributed by atoms with Crippen LogP contribution in [0.4, 0.5) is 5.69 Å². The summed E-state index contributed by atoms with van der Waals surface area (Å²) in [5.74, 6) is 1.30. The van der Waals surface area contributed by atoms with E-state index in [9.17, 15) is 4.79 Å². The first-order valence-electron chi connectivity index (χ1n) is 9.72.